The molecule has 3 nitrogen and oxygen atoms in total. The van der Waals surface area contributed by atoms with Crippen LogP contribution in [-0.2, 0) is 10.8 Å². The van der Waals surface area contributed by atoms with Crippen LogP contribution in [0.3, 0.4) is 0 Å². The summed E-state index contributed by atoms with van der Waals surface area (Å²) in [6.45, 7) is 13.9. The van der Waals surface area contributed by atoms with Crippen LogP contribution in [0.5, 0.6) is 0 Å². The first kappa shape index (κ1) is 35.2. The number of nitrogens with zero attached hydrogens (tertiary/aromatic N) is 1. The maximum Gasteiger partial charge on any atom is 0.198 e. The minimum Gasteiger partial charge on any atom is -0.456 e. The Bertz CT molecular complexity index is 3720. The molecule has 11 aromatic rings. The fourth-order valence-corrected chi connectivity index (χ4v) is 12.1. The highest BCUT2D eigenvalue weighted by Crippen LogP contribution is 2.50. The third kappa shape index (κ3) is 4.87. The van der Waals surface area contributed by atoms with Gasteiger partial charge in [-0.05, 0) is 111 Å². The zero-order valence-electron chi connectivity index (χ0n) is 35.2. The fourth-order valence-electron chi connectivity index (χ4n) is 11.0. The van der Waals surface area contributed by atoms with Gasteiger partial charge in [0.05, 0.1) is 5.52 Å². The first-order valence-electron chi connectivity index (χ1n) is 21.5. The van der Waals surface area contributed by atoms with E-state index in [4.69, 9.17) is 4.42 Å². The van der Waals surface area contributed by atoms with Crippen LogP contribution in [0.1, 0.15) is 56.9 Å². The highest BCUT2D eigenvalue weighted by Gasteiger charge is 2.38. The van der Waals surface area contributed by atoms with E-state index in [2.05, 4.69) is 191 Å². The maximum atomic E-state index is 6.57. The predicted molar refractivity (Wildman–Crippen MR) is 264 cm³/mol. The molecule has 13 rings (SSSR count). The summed E-state index contributed by atoms with van der Waals surface area (Å²) in [7, 11) is 0.828. The van der Waals surface area contributed by atoms with Crippen molar-refractivity contribution in [3.63, 3.8) is 0 Å². The van der Waals surface area contributed by atoms with Gasteiger partial charge in [0.25, 0.3) is 0 Å². The van der Waals surface area contributed by atoms with Crippen LogP contribution in [0.15, 0.2) is 144 Å². The quantitative estimate of drug-likeness (QED) is 0.180. The van der Waals surface area contributed by atoms with Gasteiger partial charge in [0, 0.05) is 75.3 Å². The third-order valence-corrected chi connectivity index (χ3v) is 15.2. The topological polar surface area (TPSA) is 30.1 Å². The van der Waals surface area contributed by atoms with Crippen LogP contribution in [0, 0.1) is 6.92 Å². The molecule has 4 heterocycles. The standard InChI is InChI=1S/C56H43BN2OS/c1-30-23-40(37-24-39-35-15-9-12-18-50(35)61-51(39)29-45(37)58-32-21-19-31(20-22-32)55(2,3)4)53-54-52(30)41-27-49-38(34-14-8-11-17-48(34)60-49)26-46(41)59(54)47-28-43-36(25-44(47)57-53)33-13-7-10-16-42(33)56(43,5)6/h7-29,57-58H,1-6H3. The lowest BCUT2D eigenvalue weighted by Crippen LogP contribution is -2.38. The maximum absolute atomic E-state index is 6.57. The van der Waals surface area contributed by atoms with Crippen molar-refractivity contribution in [2.24, 2.45) is 0 Å². The number of anilines is 2. The molecule has 0 fully saturated rings. The Morgan fingerprint density at radius 3 is 2.23 bits per heavy atom. The molecule has 0 saturated carbocycles. The minimum absolute atomic E-state index is 0.0810. The highest BCUT2D eigenvalue weighted by molar-refractivity contribution is 7.25. The van der Waals surface area contributed by atoms with E-state index in [1.165, 1.54) is 103 Å². The summed E-state index contributed by atoms with van der Waals surface area (Å²) < 4.78 is 11.8. The van der Waals surface area contributed by atoms with Gasteiger partial charge in [-0.15, -0.1) is 11.3 Å². The Balaban J connectivity index is 1.13. The third-order valence-electron chi connectivity index (χ3n) is 14.1. The molecule has 8 aromatic carbocycles. The fraction of sp³-hybridized carbons (Fsp3) is 0.143. The molecule has 0 spiro atoms. The van der Waals surface area contributed by atoms with Crippen LogP contribution in [0.4, 0.5) is 11.4 Å². The van der Waals surface area contributed by atoms with Crippen LogP contribution < -0.4 is 16.2 Å². The van der Waals surface area contributed by atoms with Crippen molar-refractivity contribution in [1.29, 1.82) is 0 Å². The number of hydrogen-bond acceptors (Lipinski definition) is 3. The van der Waals surface area contributed by atoms with Crippen molar-refractivity contribution in [3.8, 4) is 27.9 Å². The molecule has 1 N–H and O–H groups in total. The van der Waals surface area contributed by atoms with Gasteiger partial charge in [-0.25, -0.2) is 0 Å². The summed E-state index contributed by atoms with van der Waals surface area (Å²) in [5.41, 5.74) is 21.2. The lowest BCUT2D eigenvalue weighted by atomic mass is 9.58. The number of fused-ring (bicyclic) bond motifs is 14. The Hall–Kier alpha value is -6.56. The molecule has 3 aromatic heterocycles. The second-order valence-corrected chi connectivity index (χ2v) is 20.1. The van der Waals surface area contributed by atoms with Crippen molar-refractivity contribution in [2.75, 3.05) is 5.32 Å². The molecule has 0 bridgehead atoms. The molecule has 0 atom stereocenters. The van der Waals surface area contributed by atoms with Gasteiger partial charge in [-0.1, -0.05) is 125 Å². The number of furan rings is 1. The van der Waals surface area contributed by atoms with Gasteiger partial charge in [0.2, 0.25) is 0 Å². The van der Waals surface area contributed by atoms with E-state index in [9.17, 15) is 0 Å². The molecule has 5 heteroatoms. The average molecular weight is 803 g/mol. The molecule has 1 aliphatic heterocycles. The van der Waals surface area contributed by atoms with E-state index < -0.39 is 0 Å². The Kier molecular flexibility index (Phi) is 6.96. The zero-order chi connectivity index (χ0) is 41.1. The molecule has 1 aliphatic carbocycles. The van der Waals surface area contributed by atoms with Crippen molar-refractivity contribution in [2.45, 2.75) is 52.4 Å². The van der Waals surface area contributed by atoms with Gasteiger partial charge in [-0.3, -0.25) is 0 Å². The largest absolute Gasteiger partial charge is 0.456 e. The second kappa shape index (κ2) is 12.1. The molecule has 0 saturated heterocycles. The summed E-state index contributed by atoms with van der Waals surface area (Å²) in [6, 6.07) is 52.5. The van der Waals surface area contributed by atoms with Crippen molar-refractivity contribution >= 4 is 105 Å². The van der Waals surface area contributed by atoms with Gasteiger partial charge < -0.3 is 14.3 Å². The van der Waals surface area contributed by atoms with E-state index in [1.807, 2.05) is 11.3 Å². The number of hydrogen-bond donors (Lipinski definition) is 1. The van der Waals surface area contributed by atoms with Gasteiger partial charge >= 0.3 is 0 Å². The summed E-state index contributed by atoms with van der Waals surface area (Å²) in [4.78, 5) is 0. The molecular weight excluding hydrogens is 760 g/mol. The van der Waals surface area contributed by atoms with E-state index in [-0.39, 0.29) is 10.8 Å². The Morgan fingerprint density at radius 2 is 1.39 bits per heavy atom. The van der Waals surface area contributed by atoms with Crippen LogP contribution in [-0.4, -0.2) is 11.8 Å². The normalized spacial score (nSPS) is 14.0. The molecule has 292 valence electrons. The molecule has 0 radical (unpaired) electrons. The lowest BCUT2D eigenvalue weighted by molar-refractivity contribution is 0.590. The molecule has 61 heavy (non-hydrogen) atoms. The van der Waals surface area contributed by atoms with Crippen LogP contribution in [0.25, 0.3) is 91.9 Å². The first-order chi connectivity index (χ1) is 29.5. The number of aryl methyl sites for hydroxylation is 1. The van der Waals surface area contributed by atoms with Gasteiger partial charge in [-0.2, -0.15) is 0 Å². The van der Waals surface area contributed by atoms with E-state index in [0.717, 1.165) is 40.6 Å². The van der Waals surface area contributed by atoms with Crippen LogP contribution >= 0.6 is 11.3 Å². The molecular formula is C56H43BN2OS. The second-order valence-electron chi connectivity index (χ2n) is 19.1. The Morgan fingerprint density at radius 1 is 0.623 bits per heavy atom. The summed E-state index contributed by atoms with van der Waals surface area (Å²) in [6.07, 6.45) is 0. The number of thiophene rings is 1. The summed E-state index contributed by atoms with van der Waals surface area (Å²) >= 11 is 1.87. The van der Waals surface area contributed by atoms with Crippen molar-refractivity contribution in [1.82, 2.24) is 4.57 Å². The smallest absolute Gasteiger partial charge is 0.198 e. The van der Waals surface area contributed by atoms with Gasteiger partial charge in [0.1, 0.15) is 11.2 Å². The molecule has 2 aliphatic rings. The number of aromatic nitrogens is 1. The number of para-hydroxylation sites is 1. The highest BCUT2D eigenvalue weighted by atomic mass is 32.1. The SMILES string of the molecule is Cc1cc(-c2cc3c(cc2Nc2ccc(C(C)(C)C)cc2)sc2ccccc23)c2c3c1c1cc4oc5ccccc5c4cc1n3-c1cc3c(cc1B2)-c1ccccc1C3(C)C. The summed E-state index contributed by atoms with van der Waals surface area (Å²) in [5, 5.41) is 11.4. The van der Waals surface area contributed by atoms with E-state index >= 15 is 0 Å². The monoisotopic (exact) mass is 802 g/mol. The zero-order valence-corrected chi connectivity index (χ0v) is 36.1. The van der Waals surface area contributed by atoms with E-state index in [0.29, 0.717) is 0 Å². The van der Waals surface area contributed by atoms with E-state index in [1.54, 1.807) is 0 Å². The van der Waals surface area contributed by atoms with Gasteiger partial charge in [0.15, 0.2) is 7.28 Å². The van der Waals surface area contributed by atoms with Crippen molar-refractivity contribution < 1.29 is 4.42 Å². The number of benzene rings is 8. The Labute approximate surface area is 359 Å². The predicted octanol–water partition coefficient (Wildman–Crippen LogP) is 14.1. The first-order valence-corrected chi connectivity index (χ1v) is 22.4. The number of nitrogens with one attached hydrogen (secondary N) is 1. The number of rotatable bonds is 3. The van der Waals surface area contributed by atoms with Crippen LogP contribution in [0.2, 0.25) is 0 Å². The lowest BCUT2D eigenvalue weighted by Gasteiger charge is -2.27. The minimum atomic E-state index is -0.112. The average Bonchev–Trinajstić information content (AvgIpc) is 3.97. The molecule has 0 amide bonds. The summed E-state index contributed by atoms with van der Waals surface area (Å²) in [5.74, 6) is 0. The molecule has 0 unspecified atom stereocenters. The van der Waals surface area contributed by atoms with Crippen molar-refractivity contribution in [3.05, 3.63) is 162 Å².